The second kappa shape index (κ2) is 18.0. The molecule has 0 aromatic heterocycles. The molecule has 7 unspecified atom stereocenters. The van der Waals surface area contributed by atoms with Gasteiger partial charge >= 0.3 is 0 Å². The topological polar surface area (TPSA) is 234 Å². The number of hydrogen-bond acceptors (Lipinski definition) is 14. The Kier molecular flexibility index (Phi) is 15.9. The smallest absolute Gasteiger partial charge is 0.184 e. The Hall–Kier alpha value is -0.560. The van der Waals surface area contributed by atoms with Crippen LogP contribution in [0.3, 0.4) is 0 Å². The summed E-state index contributed by atoms with van der Waals surface area (Å²) >= 11 is 0. The average molecular weight is 555 g/mol. The molecule has 0 amide bonds. The third kappa shape index (κ3) is 10.4. The minimum Gasteiger partial charge on any atom is -0.395 e. The van der Waals surface area contributed by atoms with Crippen LogP contribution in [-0.4, -0.2) is 144 Å². The van der Waals surface area contributed by atoms with Gasteiger partial charge in [-0.1, -0.05) is 6.92 Å². The van der Waals surface area contributed by atoms with Gasteiger partial charge in [0.2, 0.25) is 0 Å². The zero-order valence-electron chi connectivity index (χ0n) is 22.3. The minimum atomic E-state index is -1.32. The molecule has 1 aliphatic heterocycles. The molecule has 1 heterocycles. The molecule has 38 heavy (non-hydrogen) atoms. The van der Waals surface area contributed by atoms with Crippen LogP contribution in [0.5, 0.6) is 0 Å². The summed E-state index contributed by atoms with van der Waals surface area (Å²) < 4.78 is 23.7. The maximum atomic E-state index is 11.4. The van der Waals surface area contributed by atoms with Gasteiger partial charge in [-0.2, -0.15) is 0 Å². The first-order valence-electron chi connectivity index (χ1n) is 13.6. The molecule has 1 aliphatic carbocycles. The van der Waals surface area contributed by atoms with Crippen molar-refractivity contribution in [2.45, 2.75) is 106 Å². The van der Waals surface area contributed by atoms with E-state index in [9.17, 15) is 30.6 Å². The van der Waals surface area contributed by atoms with Gasteiger partial charge in [0.15, 0.2) is 12.6 Å². The highest BCUT2D eigenvalue weighted by Crippen LogP contribution is 2.30. The van der Waals surface area contributed by atoms with Gasteiger partial charge in [-0.05, 0) is 32.4 Å². The van der Waals surface area contributed by atoms with Gasteiger partial charge in [0.1, 0.15) is 24.4 Å². The van der Waals surface area contributed by atoms with E-state index >= 15 is 0 Å². The van der Waals surface area contributed by atoms with E-state index in [0.717, 1.165) is 13.0 Å². The van der Waals surface area contributed by atoms with Crippen LogP contribution in [-0.2, 0) is 18.9 Å². The number of nitrogens with two attached hydrogens (primary N) is 2. The molecule has 2 rings (SSSR count). The van der Waals surface area contributed by atoms with Crippen LogP contribution < -0.4 is 22.1 Å². The highest BCUT2D eigenvalue weighted by molar-refractivity contribution is 5.01. The van der Waals surface area contributed by atoms with Crippen molar-refractivity contribution in [1.82, 2.24) is 10.6 Å². The number of hydrogen-bond donors (Lipinski definition) is 10. The fraction of sp³-hybridized carbons (Fsp3) is 1.00. The zero-order chi connectivity index (χ0) is 28.1. The predicted molar refractivity (Wildman–Crippen MR) is 137 cm³/mol. The van der Waals surface area contributed by atoms with E-state index in [2.05, 4.69) is 10.6 Å². The van der Waals surface area contributed by atoms with Gasteiger partial charge < -0.3 is 71.7 Å². The van der Waals surface area contributed by atoms with Crippen molar-refractivity contribution in [1.29, 1.82) is 0 Å². The van der Waals surface area contributed by atoms with Crippen molar-refractivity contribution in [3.63, 3.8) is 0 Å². The monoisotopic (exact) mass is 554 g/mol. The Balaban J connectivity index is 2.16. The summed E-state index contributed by atoms with van der Waals surface area (Å²) in [4.78, 5) is 0. The first kappa shape index (κ1) is 33.6. The molecule has 0 radical (unpaired) electrons. The summed E-state index contributed by atoms with van der Waals surface area (Å²) in [5.74, 6) is 0. The summed E-state index contributed by atoms with van der Waals surface area (Å²) in [5.41, 5.74) is 11.9. The summed E-state index contributed by atoms with van der Waals surface area (Å²) in [6, 6.07) is -2.01. The van der Waals surface area contributed by atoms with Crippen molar-refractivity contribution < 1.29 is 49.6 Å². The van der Waals surface area contributed by atoms with E-state index in [-0.39, 0.29) is 45.4 Å². The molecule has 0 aromatic rings. The highest BCUT2D eigenvalue weighted by Gasteiger charge is 2.48. The molecular weight excluding hydrogens is 504 g/mol. The van der Waals surface area contributed by atoms with E-state index < -0.39 is 61.2 Å². The second-order valence-electron chi connectivity index (χ2n) is 10.0. The normalized spacial score (nSPS) is 33.9. The maximum Gasteiger partial charge on any atom is 0.184 e. The van der Waals surface area contributed by atoms with Gasteiger partial charge in [0, 0.05) is 31.5 Å². The minimum absolute atomic E-state index is 0.0908. The lowest BCUT2D eigenvalue weighted by atomic mass is 9.83. The molecule has 0 aromatic carbocycles. The summed E-state index contributed by atoms with van der Waals surface area (Å²) in [7, 11) is 0. The Morgan fingerprint density at radius 1 is 1.08 bits per heavy atom. The number of ether oxygens (including phenoxy) is 4. The van der Waals surface area contributed by atoms with Crippen molar-refractivity contribution in [3.05, 3.63) is 0 Å². The Morgan fingerprint density at radius 3 is 2.45 bits per heavy atom. The van der Waals surface area contributed by atoms with Crippen molar-refractivity contribution in [3.8, 4) is 0 Å². The van der Waals surface area contributed by atoms with Crippen molar-refractivity contribution in [2.24, 2.45) is 11.5 Å². The van der Waals surface area contributed by atoms with Crippen LogP contribution in [0.1, 0.15) is 39.0 Å². The predicted octanol–water partition coefficient (Wildman–Crippen LogP) is -3.93. The van der Waals surface area contributed by atoms with Gasteiger partial charge in [-0.25, -0.2) is 0 Å². The summed E-state index contributed by atoms with van der Waals surface area (Å²) in [6.45, 7) is 2.44. The Morgan fingerprint density at radius 2 is 1.82 bits per heavy atom. The quantitative estimate of drug-likeness (QED) is 0.0576. The molecular formula is C24H50N4O10. The fourth-order valence-electron chi connectivity index (χ4n) is 4.81. The lowest BCUT2D eigenvalue weighted by molar-refractivity contribution is -0.285. The third-order valence-corrected chi connectivity index (χ3v) is 6.89. The molecule has 1 saturated heterocycles. The van der Waals surface area contributed by atoms with E-state index in [1.807, 2.05) is 0 Å². The number of nitrogens with one attached hydrogen (secondary N) is 2. The van der Waals surface area contributed by atoms with Crippen molar-refractivity contribution in [2.75, 3.05) is 46.1 Å². The van der Waals surface area contributed by atoms with Crippen LogP contribution in [0.15, 0.2) is 0 Å². The van der Waals surface area contributed by atoms with Gasteiger partial charge in [0.05, 0.1) is 44.7 Å². The van der Waals surface area contributed by atoms with Crippen LogP contribution >= 0.6 is 0 Å². The molecule has 12 N–H and O–H groups in total. The van der Waals surface area contributed by atoms with Crippen LogP contribution in [0.25, 0.3) is 0 Å². The lowest BCUT2D eigenvalue weighted by Crippen LogP contribution is -2.67. The zero-order valence-corrected chi connectivity index (χ0v) is 22.3. The molecule has 1 saturated carbocycles. The SMILES string of the molecule is CCC(O)C(OCCO)O[C@H]1C(NC(CO)CO)CC(N)[C@@H](O[C@@H]2CC(O)CC(CNCCCN)O2)C1O. The van der Waals surface area contributed by atoms with Gasteiger partial charge in [-0.15, -0.1) is 0 Å². The van der Waals surface area contributed by atoms with Crippen LogP contribution in [0.4, 0.5) is 0 Å². The Bertz CT molecular complexity index is 623. The number of aliphatic hydroxyl groups is 6. The van der Waals surface area contributed by atoms with Crippen molar-refractivity contribution >= 4 is 0 Å². The van der Waals surface area contributed by atoms with Crippen LogP contribution in [0.2, 0.25) is 0 Å². The van der Waals surface area contributed by atoms with Crippen LogP contribution in [0, 0.1) is 0 Å². The van der Waals surface area contributed by atoms with E-state index in [0.29, 0.717) is 25.9 Å². The molecule has 2 fully saturated rings. The maximum absolute atomic E-state index is 11.4. The molecule has 2 aliphatic rings. The second-order valence-corrected chi connectivity index (χ2v) is 10.0. The first-order valence-corrected chi connectivity index (χ1v) is 13.6. The molecule has 0 bridgehead atoms. The number of aliphatic hydroxyl groups excluding tert-OH is 6. The molecule has 14 nitrogen and oxygen atoms in total. The molecule has 10 atom stereocenters. The molecule has 14 heteroatoms. The van der Waals surface area contributed by atoms with Gasteiger partial charge in [-0.3, -0.25) is 0 Å². The molecule has 0 spiro atoms. The van der Waals surface area contributed by atoms with Gasteiger partial charge in [0.25, 0.3) is 0 Å². The van der Waals surface area contributed by atoms with E-state index in [1.165, 1.54) is 0 Å². The highest BCUT2D eigenvalue weighted by atomic mass is 16.7. The summed E-state index contributed by atoms with van der Waals surface area (Å²) in [5, 5.41) is 66.9. The molecule has 226 valence electrons. The third-order valence-electron chi connectivity index (χ3n) is 6.89. The largest absolute Gasteiger partial charge is 0.395 e. The Labute approximate surface area is 224 Å². The lowest BCUT2D eigenvalue weighted by Gasteiger charge is -2.47. The number of rotatable bonds is 18. The van der Waals surface area contributed by atoms with E-state index in [1.54, 1.807) is 6.92 Å². The van der Waals surface area contributed by atoms with E-state index in [4.69, 9.17) is 30.4 Å². The standard InChI is InChI=1S/C24H50N4O10/c1-2-19(33)24(35-7-6-29)38-23-18(28-14(12-30)13-31)10-17(26)22(21(23)34)37-20-9-15(32)8-16(36-20)11-27-5-3-4-25/h14-24,27-34H,2-13,25-26H2,1H3/t15?,16?,17?,18?,19?,20-,21?,22-,23+,24?/m1/s1. The fourth-order valence-corrected chi connectivity index (χ4v) is 4.81. The summed E-state index contributed by atoms with van der Waals surface area (Å²) in [6.07, 6.45) is -5.27. The first-order chi connectivity index (χ1) is 18.3. The average Bonchev–Trinajstić information content (AvgIpc) is 2.90.